The monoisotopic (exact) mass is 329 g/mol. The first-order chi connectivity index (χ1) is 11.4. The van der Waals surface area contributed by atoms with Crippen LogP contribution in [0.1, 0.15) is 48.9 Å². The molecule has 0 saturated heterocycles. The number of carbonyl (C=O) groups is 1. The Morgan fingerprint density at radius 1 is 1.33 bits per heavy atom. The van der Waals surface area contributed by atoms with Crippen LogP contribution in [-0.4, -0.2) is 44.4 Å². The molecular weight excluding hydrogens is 306 g/mol. The summed E-state index contributed by atoms with van der Waals surface area (Å²) in [5, 5.41) is 22.0. The van der Waals surface area contributed by atoms with E-state index < -0.39 is 5.97 Å². The van der Waals surface area contributed by atoms with Gasteiger partial charge >= 0.3 is 5.97 Å². The van der Waals surface area contributed by atoms with Crippen molar-refractivity contribution in [1.29, 1.82) is 0 Å². The van der Waals surface area contributed by atoms with Crippen LogP contribution >= 0.6 is 0 Å². The molecular formula is C17H23N5O2. The highest BCUT2D eigenvalue weighted by Crippen LogP contribution is 2.30. The Balaban J connectivity index is 1.75. The van der Waals surface area contributed by atoms with E-state index in [9.17, 15) is 9.90 Å². The molecule has 7 heteroatoms. The minimum absolute atomic E-state index is 0.181. The van der Waals surface area contributed by atoms with E-state index in [4.69, 9.17) is 0 Å². The second kappa shape index (κ2) is 6.22. The number of tetrazole rings is 1. The Kier molecular flexibility index (Phi) is 4.26. The molecule has 0 radical (unpaired) electrons. The Hall–Kier alpha value is -2.44. The lowest BCUT2D eigenvalue weighted by Gasteiger charge is -2.31. The summed E-state index contributed by atoms with van der Waals surface area (Å²) in [4.78, 5) is 15.3. The van der Waals surface area contributed by atoms with Gasteiger partial charge in [0, 0.05) is 25.2 Å². The minimum atomic E-state index is -0.858. The van der Waals surface area contributed by atoms with Gasteiger partial charge in [0.2, 0.25) is 0 Å². The molecule has 1 N–H and O–H groups in total. The fourth-order valence-electron chi connectivity index (χ4n) is 3.00. The molecule has 2 heterocycles. The van der Waals surface area contributed by atoms with E-state index in [1.165, 1.54) is 0 Å². The van der Waals surface area contributed by atoms with Crippen LogP contribution in [0.15, 0.2) is 18.2 Å². The summed E-state index contributed by atoms with van der Waals surface area (Å²) in [5.41, 5.74) is 2.18. The van der Waals surface area contributed by atoms with Crippen molar-refractivity contribution in [3.8, 4) is 0 Å². The summed E-state index contributed by atoms with van der Waals surface area (Å²) in [5.74, 6) is -0.144. The molecule has 0 atom stereocenters. The van der Waals surface area contributed by atoms with Gasteiger partial charge in [0.1, 0.15) is 0 Å². The summed E-state index contributed by atoms with van der Waals surface area (Å²) in [6, 6.07) is 5.50. The molecule has 2 aromatic rings. The summed E-state index contributed by atoms with van der Waals surface area (Å²) < 4.78 is 0. The SMILES string of the molecule is CC(C)(C)n1nnc(CCN2CCCc3c(C(=O)O)cccc32)n1. The van der Waals surface area contributed by atoms with E-state index in [0.717, 1.165) is 37.2 Å². The van der Waals surface area contributed by atoms with Crippen LogP contribution in [0.2, 0.25) is 0 Å². The smallest absolute Gasteiger partial charge is 0.336 e. The summed E-state index contributed by atoms with van der Waals surface area (Å²) >= 11 is 0. The molecule has 0 spiro atoms. The fourth-order valence-corrected chi connectivity index (χ4v) is 3.00. The predicted molar refractivity (Wildman–Crippen MR) is 90.5 cm³/mol. The number of rotatable bonds is 4. The number of fused-ring (bicyclic) bond motifs is 1. The Labute approximate surface area is 141 Å². The van der Waals surface area contributed by atoms with Crippen molar-refractivity contribution in [2.75, 3.05) is 18.0 Å². The largest absolute Gasteiger partial charge is 0.478 e. The van der Waals surface area contributed by atoms with E-state index in [0.29, 0.717) is 17.8 Å². The quantitative estimate of drug-likeness (QED) is 0.925. The molecule has 128 valence electrons. The molecule has 24 heavy (non-hydrogen) atoms. The Bertz CT molecular complexity index is 748. The van der Waals surface area contributed by atoms with Gasteiger partial charge in [-0.05, 0) is 56.5 Å². The van der Waals surface area contributed by atoms with Gasteiger partial charge in [-0.3, -0.25) is 0 Å². The first-order valence-corrected chi connectivity index (χ1v) is 8.26. The third kappa shape index (κ3) is 3.25. The van der Waals surface area contributed by atoms with Gasteiger partial charge in [-0.2, -0.15) is 4.80 Å². The van der Waals surface area contributed by atoms with Crippen LogP contribution < -0.4 is 4.90 Å². The Morgan fingerprint density at radius 3 is 2.79 bits per heavy atom. The fraction of sp³-hybridized carbons (Fsp3) is 0.529. The maximum absolute atomic E-state index is 11.4. The van der Waals surface area contributed by atoms with E-state index in [1.807, 2.05) is 32.9 Å². The molecule has 1 aliphatic heterocycles. The number of anilines is 1. The van der Waals surface area contributed by atoms with Crippen molar-refractivity contribution in [3.63, 3.8) is 0 Å². The average Bonchev–Trinajstić information content (AvgIpc) is 3.01. The van der Waals surface area contributed by atoms with E-state index in [1.54, 1.807) is 10.9 Å². The van der Waals surface area contributed by atoms with E-state index in [-0.39, 0.29) is 5.54 Å². The highest BCUT2D eigenvalue weighted by Gasteiger charge is 2.22. The van der Waals surface area contributed by atoms with Crippen molar-refractivity contribution in [1.82, 2.24) is 20.2 Å². The zero-order valence-corrected chi connectivity index (χ0v) is 14.4. The number of nitrogens with zero attached hydrogens (tertiary/aromatic N) is 5. The lowest BCUT2D eigenvalue weighted by molar-refractivity contribution is 0.0695. The lowest BCUT2D eigenvalue weighted by Crippen LogP contribution is -2.32. The number of hydrogen-bond acceptors (Lipinski definition) is 5. The zero-order chi connectivity index (χ0) is 17.3. The predicted octanol–water partition coefficient (Wildman–Crippen LogP) is 2.12. The van der Waals surface area contributed by atoms with Gasteiger partial charge in [0.15, 0.2) is 5.82 Å². The minimum Gasteiger partial charge on any atom is -0.478 e. The van der Waals surface area contributed by atoms with E-state index in [2.05, 4.69) is 20.3 Å². The van der Waals surface area contributed by atoms with Crippen molar-refractivity contribution in [3.05, 3.63) is 35.2 Å². The second-order valence-electron chi connectivity index (χ2n) is 7.11. The first kappa shape index (κ1) is 16.4. The number of carboxylic acid groups (broad SMARTS) is 1. The van der Waals surface area contributed by atoms with Gasteiger partial charge < -0.3 is 10.0 Å². The maximum Gasteiger partial charge on any atom is 0.336 e. The standard InChI is InChI=1S/C17H23N5O2/c1-17(2,3)22-19-15(18-20-22)9-11-21-10-5-7-12-13(16(23)24)6-4-8-14(12)21/h4,6,8H,5,7,9-11H2,1-3H3,(H,23,24). The molecule has 0 saturated carbocycles. The van der Waals surface area contributed by atoms with Crippen LogP contribution in [-0.2, 0) is 18.4 Å². The lowest BCUT2D eigenvalue weighted by atomic mass is 9.96. The van der Waals surface area contributed by atoms with Crippen LogP contribution in [0, 0.1) is 0 Å². The zero-order valence-electron chi connectivity index (χ0n) is 14.4. The molecule has 0 fully saturated rings. The Morgan fingerprint density at radius 2 is 2.12 bits per heavy atom. The summed E-state index contributed by atoms with van der Waals surface area (Å²) in [6.45, 7) is 7.78. The first-order valence-electron chi connectivity index (χ1n) is 8.26. The van der Waals surface area contributed by atoms with E-state index >= 15 is 0 Å². The molecule has 1 aliphatic rings. The molecule has 0 aliphatic carbocycles. The normalized spacial score (nSPS) is 14.5. The summed E-state index contributed by atoms with van der Waals surface area (Å²) in [6.07, 6.45) is 2.46. The molecule has 0 amide bonds. The highest BCUT2D eigenvalue weighted by atomic mass is 16.4. The molecule has 7 nitrogen and oxygen atoms in total. The number of aromatic carboxylic acids is 1. The van der Waals surface area contributed by atoms with Gasteiger partial charge in [0.05, 0.1) is 11.1 Å². The molecule has 3 rings (SSSR count). The number of aromatic nitrogens is 4. The molecule has 0 bridgehead atoms. The number of benzene rings is 1. The van der Waals surface area contributed by atoms with Crippen molar-refractivity contribution < 1.29 is 9.90 Å². The second-order valence-corrected chi connectivity index (χ2v) is 7.11. The van der Waals surface area contributed by atoms with Crippen LogP contribution in [0.3, 0.4) is 0 Å². The van der Waals surface area contributed by atoms with Crippen molar-refractivity contribution >= 4 is 11.7 Å². The van der Waals surface area contributed by atoms with Crippen molar-refractivity contribution in [2.45, 2.75) is 45.6 Å². The molecule has 1 aromatic carbocycles. The topological polar surface area (TPSA) is 84.1 Å². The molecule has 0 unspecified atom stereocenters. The van der Waals surface area contributed by atoms with Crippen LogP contribution in [0.5, 0.6) is 0 Å². The summed E-state index contributed by atoms with van der Waals surface area (Å²) in [7, 11) is 0. The van der Waals surface area contributed by atoms with Gasteiger partial charge in [-0.1, -0.05) is 6.07 Å². The average molecular weight is 329 g/mol. The number of hydrogen-bond donors (Lipinski definition) is 1. The van der Waals surface area contributed by atoms with Gasteiger partial charge in [-0.25, -0.2) is 4.79 Å². The van der Waals surface area contributed by atoms with Crippen LogP contribution in [0.4, 0.5) is 5.69 Å². The maximum atomic E-state index is 11.4. The van der Waals surface area contributed by atoms with Gasteiger partial charge in [-0.15, -0.1) is 10.2 Å². The number of carboxylic acids is 1. The highest BCUT2D eigenvalue weighted by molar-refractivity contribution is 5.91. The third-order valence-electron chi connectivity index (χ3n) is 4.24. The van der Waals surface area contributed by atoms with Gasteiger partial charge in [0.25, 0.3) is 0 Å². The van der Waals surface area contributed by atoms with Crippen molar-refractivity contribution in [2.24, 2.45) is 0 Å². The molecule has 1 aromatic heterocycles. The third-order valence-corrected chi connectivity index (χ3v) is 4.24. The van der Waals surface area contributed by atoms with Crippen LogP contribution in [0.25, 0.3) is 0 Å².